The number of rotatable bonds is 2. The van der Waals surface area contributed by atoms with Gasteiger partial charge in [-0.2, -0.15) is 4.39 Å². The van der Waals surface area contributed by atoms with Crippen LogP contribution in [0.5, 0.6) is 0 Å². The zero-order valence-electron chi connectivity index (χ0n) is 12.1. The zero-order chi connectivity index (χ0) is 15.0. The fourth-order valence-electron chi connectivity index (χ4n) is 2.13. The molecule has 0 spiro atoms. The van der Waals surface area contributed by atoms with Gasteiger partial charge in [-0.1, -0.05) is 0 Å². The molecular formula is C15H16FN5. The molecule has 3 aromatic rings. The number of pyridine rings is 1. The molecule has 5 nitrogen and oxygen atoms in total. The lowest BCUT2D eigenvalue weighted by molar-refractivity contribution is 0.584. The van der Waals surface area contributed by atoms with Crippen molar-refractivity contribution in [3.63, 3.8) is 0 Å². The molecule has 21 heavy (non-hydrogen) atoms. The maximum absolute atomic E-state index is 13.4. The highest BCUT2D eigenvalue weighted by atomic mass is 19.1. The fourth-order valence-corrected chi connectivity index (χ4v) is 2.13. The summed E-state index contributed by atoms with van der Waals surface area (Å²) >= 11 is 0. The predicted octanol–water partition coefficient (Wildman–Crippen LogP) is 3.14. The highest BCUT2D eigenvalue weighted by Crippen LogP contribution is 2.30. The Morgan fingerprint density at radius 3 is 2.76 bits per heavy atom. The van der Waals surface area contributed by atoms with Gasteiger partial charge in [0, 0.05) is 35.8 Å². The third-order valence-electron chi connectivity index (χ3n) is 2.92. The Morgan fingerprint density at radius 1 is 1.24 bits per heavy atom. The van der Waals surface area contributed by atoms with Crippen LogP contribution in [0.3, 0.4) is 0 Å². The number of hydrogen-bond donors (Lipinski definition) is 1. The molecule has 0 aliphatic carbocycles. The van der Waals surface area contributed by atoms with E-state index in [1.165, 1.54) is 12.3 Å². The highest BCUT2D eigenvalue weighted by Gasteiger charge is 2.19. The molecule has 0 amide bonds. The van der Waals surface area contributed by atoms with E-state index in [4.69, 9.17) is 0 Å². The van der Waals surface area contributed by atoms with Gasteiger partial charge < -0.3 is 5.32 Å². The lowest BCUT2D eigenvalue weighted by Crippen LogP contribution is -2.27. The normalized spacial score (nSPS) is 11.8. The van der Waals surface area contributed by atoms with Crippen molar-refractivity contribution in [3.8, 4) is 11.3 Å². The van der Waals surface area contributed by atoms with Gasteiger partial charge in [-0.25, -0.2) is 9.97 Å². The molecule has 0 radical (unpaired) electrons. The van der Waals surface area contributed by atoms with Crippen molar-refractivity contribution in [3.05, 3.63) is 42.9 Å². The summed E-state index contributed by atoms with van der Waals surface area (Å²) in [5, 5.41) is 3.42. The van der Waals surface area contributed by atoms with Crippen LogP contribution in [-0.2, 0) is 0 Å². The Morgan fingerprint density at radius 2 is 2.05 bits per heavy atom. The van der Waals surface area contributed by atoms with Gasteiger partial charge in [0.05, 0.1) is 6.20 Å². The number of nitrogens with zero attached hydrogens (tertiary/aromatic N) is 4. The highest BCUT2D eigenvalue weighted by molar-refractivity contribution is 5.76. The molecule has 3 heterocycles. The summed E-state index contributed by atoms with van der Waals surface area (Å²) in [7, 11) is 0. The number of halogens is 1. The Balaban J connectivity index is 2.24. The summed E-state index contributed by atoms with van der Waals surface area (Å²) in [6.45, 7) is 6.18. The Kier molecular flexibility index (Phi) is 3.08. The van der Waals surface area contributed by atoms with Gasteiger partial charge in [0.25, 0.3) is 0 Å². The maximum atomic E-state index is 13.4. The van der Waals surface area contributed by atoms with E-state index >= 15 is 0 Å². The first-order chi connectivity index (χ1) is 9.94. The smallest absolute Gasteiger partial charge is 0.213 e. The standard InChI is InChI=1S/C15H16FN5/c1-15(2,3)20-14-13(10-4-5-18-11(16)8-10)19-12-9-17-6-7-21(12)14/h4-9,20H,1-3H3. The third-order valence-corrected chi connectivity index (χ3v) is 2.92. The van der Waals surface area contributed by atoms with E-state index in [9.17, 15) is 4.39 Å². The van der Waals surface area contributed by atoms with Crippen molar-refractivity contribution in [1.29, 1.82) is 0 Å². The molecule has 0 saturated heterocycles. The molecule has 0 aliphatic rings. The molecule has 0 atom stereocenters. The number of nitrogens with one attached hydrogen (secondary N) is 1. The Bertz CT molecular complexity index is 788. The zero-order valence-corrected chi connectivity index (χ0v) is 12.1. The predicted molar refractivity (Wildman–Crippen MR) is 79.6 cm³/mol. The van der Waals surface area contributed by atoms with Gasteiger partial charge in [0.1, 0.15) is 11.5 Å². The second-order valence-electron chi connectivity index (χ2n) is 5.86. The first kappa shape index (κ1) is 13.5. The van der Waals surface area contributed by atoms with Crippen molar-refractivity contribution >= 4 is 11.5 Å². The number of hydrogen-bond acceptors (Lipinski definition) is 4. The van der Waals surface area contributed by atoms with Gasteiger partial charge in [-0.05, 0) is 26.8 Å². The van der Waals surface area contributed by atoms with E-state index in [-0.39, 0.29) is 5.54 Å². The molecule has 0 bridgehead atoms. The maximum Gasteiger partial charge on any atom is 0.213 e. The first-order valence-corrected chi connectivity index (χ1v) is 6.66. The number of fused-ring (bicyclic) bond motifs is 1. The van der Waals surface area contributed by atoms with E-state index in [2.05, 4.69) is 41.0 Å². The van der Waals surface area contributed by atoms with Crippen molar-refractivity contribution < 1.29 is 4.39 Å². The quantitative estimate of drug-likeness (QED) is 0.735. The summed E-state index contributed by atoms with van der Waals surface area (Å²) in [6.07, 6.45) is 6.64. The van der Waals surface area contributed by atoms with E-state index in [1.807, 2.05) is 10.6 Å². The van der Waals surface area contributed by atoms with Crippen LogP contribution in [0, 0.1) is 5.95 Å². The summed E-state index contributed by atoms with van der Waals surface area (Å²) in [4.78, 5) is 12.2. The lowest BCUT2D eigenvalue weighted by atomic mass is 10.1. The van der Waals surface area contributed by atoms with Crippen LogP contribution < -0.4 is 5.32 Å². The van der Waals surface area contributed by atoms with Crippen molar-refractivity contribution in [2.75, 3.05) is 5.32 Å². The Hall–Kier alpha value is -2.50. The number of imidazole rings is 1. The average Bonchev–Trinajstić information content (AvgIpc) is 2.76. The molecule has 6 heteroatoms. The molecule has 0 unspecified atom stereocenters. The second-order valence-corrected chi connectivity index (χ2v) is 5.86. The van der Waals surface area contributed by atoms with Crippen LogP contribution in [0.1, 0.15) is 20.8 Å². The number of aromatic nitrogens is 4. The Labute approximate surface area is 121 Å². The minimum absolute atomic E-state index is 0.153. The monoisotopic (exact) mass is 285 g/mol. The SMILES string of the molecule is CC(C)(C)Nc1c(-c2ccnc(F)c2)nc2cnccn12. The molecular weight excluding hydrogens is 269 g/mol. The van der Waals surface area contributed by atoms with Gasteiger partial charge in [0.2, 0.25) is 5.95 Å². The molecule has 3 aromatic heterocycles. The van der Waals surface area contributed by atoms with Crippen LogP contribution in [0.25, 0.3) is 16.9 Å². The van der Waals surface area contributed by atoms with Crippen LogP contribution in [0.15, 0.2) is 36.9 Å². The minimum atomic E-state index is -0.524. The van der Waals surface area contributed by atoms with Gasteiger partial charge in [-0.3, -0.25) is 9.38 Å². The van der Waals surface area contributed by atoms with Crippen LogP contribution in [-0.4, -0.2) is 24.9 Å². The van der Waals surface area contributed by atoms with Crippen LogP contribution in [0.2, 0.25) is 0 Å². The fraction of sp³-hybridized carbons (Fsp3) is 0.267. The van der Waals surface area contributed by atoms with Crippen molar-refractivity contribution in [1.82, 2.24) is 19.4 Å². The molecule has 0 aliphatic heterocycles. The molecule has 0 fully saturated rings. The van der Waals surface area contributed by atoms with E-state index in [1.54, 1.807) is 18.5 Å². The second kappa shape index (κ2) is 4.80. The van der Waals surface area contributed by atoms with Gasteiger partial charge in [0.15, 0.2) is 5.65 Å². The lowest BCUT2D eigenvalue weighted by Gasteiger charge is -2.22. The summed E-state index contributed by atoms with van der Waals surface area (Å²) in [5.41, 5.74) is 1.91. The van der Waals surface area contributed by atoms with E-state index in [0.717, 1.165) is 5.82 Å². The summed E-state index contributed by atoms with van der Waals surface area (Å²) in [5.74, 6) is 0.287. The van der Waals surface area contributed by atoms with Crippen LogP contribution in [0.4, 0.5) is 10.2 Å². The average molecular weight is 285 g/mol. The van der Waals surface area contributed by atoms with Crippen LogP contribution >= 0.6 is 0 Å². The van der Waals surface area contributed by atoms with E-state index in [0.29, 0.717) is 16.9 Å². The third kappa shape index (κ3) is 2.69. The van der Waals surface area contributed by atoms with Crippen molar-refractivity contribution in [2.45, 2.75) is 26.3 Å². The largest absolute Gasteiger partial charge is 0.365 e. The summed E-state index contributed by atoms with van der Waals surface area (Å²) in [6, 6.07) is 3.12. The molecule has 3 rings (SSSR count). The van der Waals surface area contributed by atoms with Crippen molar-refractivity contribution in [2.24, 2.45) is 0 Å². The molecule has 0 aromatic carbocycles. The topological polar surface area (TPSA) is 55.1 Å². The molecule has 0 saturated carbocycles. The van der Waals surface area contributed by atoms with Gasteiger partial charge in [-0.15, -0.1) is 0 Å². The molecule has 1 N–H and O–H groups in total. The minimum Gasteiger partial charge on any atom is -0.365 e. The van der Waals surface area contributed by atoms with E-state index < -0.39 is 5.95 Å². The first-order valence-electron chi connectivity index (χ1n) is 6.66. The van der Waals surface area contributed by atoms with Gasteiger partial charge >= 0.3 is 0 Å². The molecule has 108 valence electrons. The number of anilines is 1. The summed E-state index contributed by atoms with van der Waals surface area (Å²) < 4.78 is 15.3.